The second kappa shape index (κ2) is 9.01. The summed E-state index contributed by atoms with van der Waals surface area (Å²) in [6.07, 6.45) is 5.47. The van der Waals surface area contributed by atoms with Crippen LogP contribution in [0.4, 0.5) is 23.3 Å². The first-order valence-corrected chi connectivity index (χ1v) is 12.9. The van der Waals surface area contributed by atoms with Crippen molar-refractivity contribution in [3.63, 3.8) is 0 Å². The van der Waals surface area contributed by atoms with Crippen molar-refractivity contribution in [1.82, 2.24) is 24.5 Å². The number of rotatable bonds is 7. The van der Waals surface area contributed by atoms with E-state index in [4.69, 9.17) is 17.3 Å². The van der Waals surface area contributed by atoms with Gasteiger partial charge in [-0.15, -0.1) is 0 Å². The van der Waals surface area contributed by atoms with Crippen LogP contribution in [0.2, 0.25) is 5.02 Å². The smallest absolute Gasteiger partial charge is 0.234 e. The van der Waals surface area contributed by atoms with Crippen LogP contribution in [-0.4, -0.2) is 67.6 Å². The number of amides is 1. The van der Waals surface area contributed by atoms with Crippen LogP contribution < -0.4 is 21.3 Å². The van der Waals surface area contributed by atoms with Gasteiger partial charge in [0.1, 0.15) is 11.6 Å². The summed E-state index contributed by atoms with van der Waals surface area (Å²) in [4.78, 5) is 25.4. The summed E-state index contributed by atoms with van der Waals surface area (Å²) in [5.74, 6) is 0.384. The van der Waals surface area contributed by atoms with Crippen LogP contribution in [0.3, 0.4) is 0 Å². The maximum absolute atomic E-state index is 11.9. The zero-order valence-electron chi connectivity index (χ0n) is 20.8. The number of nitrogens with one attached hydrogen (secondary N) is 2. The zero-order chi connectivity index (χ0) is 26.6. The van der Waals surface area contributed by atoms with Crippen molar-refractivity contribution >= 4 is 46.4 Å². The molecule has 0 radical (unpaired) electrons. The Balaban J connectivity index is 1.34. The van der Waals surface area contributed by atoms with E-state index >= 15 is 0 Å². The Morgan fingerprint density at radius 1 is 1.24 bits per heavy atom. The van der Waals surface area contributed by atoms with Crippen LogP contribution in [0.1, 0.15) is 43.7 Å². The van der Waals surface area contributed by atoms with Gasteiger partial charge >= 0.3 is 0 Å². The van der Waals surface area contributed by atoms with Crippen molar-refractivity contribution in [3.05, 3.63) is 34.5 Å². The van der Waals surface area contributed by atoms with Crippen LogP contribution in [0.25, 0.3) is 5.65 Å². The second-order valence-electron chi connectivity index (χ2n) is 10.2. The fraction of sp³-hybridized carbons (Fsp3) is 0.440. The highest BCUT2D eigenvalue weighted by Gasteiger charge is 2.53. The fourth-order valence-corrected chi connectivity index (χ4v) is 5.45. The van der Waals surface area contributed by atoms with Crippen molar-refractivity contribution in [2.75, 3.05) is 35.2 Å². The largest absolute Gasteiger partial charge is 0.368 e. The lowest BCUT2D eigenvalue weighted by molar-refractivity contribution is -0.124. The third kappa shape index (κ3) is 4.22. The highest BCUT2D eigenvalue weighted by atomic mass is 35.5. The van der Waals surface area contributed by atoms with E-state index in [1.807, 2.05) is 6.92 Å². The summed E-state index contributed by atoms with van der Waals surface area (Å²) in [5, 5.41) is 30.5. The van der Waals surface area contributed by atoms with Crippen molar-refractivity contribution in [2.45, 2.75) is 50.2 Å². The highest BCUT2D eigenvalue weighted by molar-refractivity contribution is 6.36. The first-order chi connectivity index (χ1) is 18.3. The molecule has 3 fully saturated rings. The molecule has 0 unspecified atom stereocenters. The Bertz CT molecular complexity index is 1530. The van der Waals surface area contributed by atoms with Crippen molar-refractivity contribution < 1.29 is 4.79 Å². The molecule has 2 aromatic heterocycles. The number of halogens is 1. The third-order valence-electron chi connectivity index (χ3n) is 7.58. The van der Waals surface area contributed by atoms with Gasteiger partial charge in [0.15, 0.2) is 5.65 Å². The number of nitriles is 2. The molecule has 2 aliphatic carbocycles. The van der Waals surface area contributed by atoms with Gasteiger partial charge in [0, 0.05) is 31.2 Å². The summed E-state index contributed by atoms with van der Waals surface area (Å²) in [6, 6.07) is 7.74. The molecule has 1 amide bonds. The number of anilines is 4. The van der Waals surface area contributed by atoms with E-state index in [1.54, 1.807) is 12.1 Å². The summed E-state index contributed by atoms with van der Waals surface area (Å²) in [6.45, 7) is 3.82. The maximum Gasteiger partial charge on any atom is 0.234 e. The molecular formula is C25H26ClN11O. The molecule has 3 heterocycles. The van der Waals surface area contributed by atoms with Gasteiger partial charge in [-0.1, -0.05) is 11.6 Å². The molecule has 1 aromatic carbocycles. The molecule has 0 bridgehead atoms. The van der Waals surface area contributed by atoms with E-state index in [2.05, 4.69) is 47.6 Å². The lowest BCUT2D eigenvalue weighted by Gasteiger charge is -2.45. The number of fused-ring (bicyclic) bond motifs is 1. The molecule has 1 aliphatic heterocycles. The van der Waals surface area contributed by atoms with Crippen molar-refractivity contribution in [2.24, 2.45) is 5.73 Å². The topological polar surface area (TPSA) is 164 Å². The van der Waals surface area contributed by atoms with Gasteiger partial charge in [0.2, 0.25) is 17.8 Å². The van der Waals surface area contributed by atoms with Gasteiger partial charge in [0.25, 0.3) is 0 Å². The SMILES string of the molecule is C[C@@H](C(N)=O)N1CCN(c2cc(C#N)cc(Nc3nc(NC4CC4)n4ncc(C#N)c4n3)c2Cl)CC12CC2. The molecule has 6 rings (SSSR count). The molecule has 38 heavy (non-hydrogen) atoms. The van der Waals surface area contributed by atoms with Crippen LogP contribution in [-0.2, 0) is 4.79 Å². The average molecular weight is 532 g/mol. The zero-order valence-corrected chi connectivity index (χ0v) is 21.5. The Morgan fingerprint density at radius 2 is 2.03 bits per heavy atom. The van der Waals surface area contributed by atoms with Gasteiger partial charge in [-0.25, -0.2) is 0 Å². The molecule has 1 spiro atoms. The number of nitrogens with two attached hydrogens (primary N) is 1. The Hall–Kier alpha value is -4.13. The van der Waals surface area contributed by atoms with Gasteiger partial charge in [-0.2, -0.15) is 30.1 Å². The molecule has 1 atom stereocenters. The van der Waals surface area contributed by atoms with Crippen LogP contribution in [0.15, 0.2) is 18.3 Å². The molecule has 12 nitrogen and oxygen atoms in total. The first kappa shape index (κ1) is 24.2. The predicted octanol–water partition coefficient (Wildman–Crippen LogP) is 2.37. The van der Waals surface area contributed by atoms with E-state index in [0.717, 1.165) is 31.4 Å². The molecular weight excluding hydrogens is 506 g/mol. The normalized spacial score (nSPS) is 19.1. The first-order valence-electron chi connectivity index (χ1n) is 12.6. The standard InChI is InChI=1S/C25H26ClN11O/c1-14(21(29)38)36-7-6-35(13-25(36)4-5-25)19-9-15(10-27)8-18(20(19)26)32-23-33-22-16(11-28)12-30-37(22)24(34-23)31-17-2-3-17/h8-9,12,14,17H,2-7,13H2,1H3,(H2,29,38)(H2,31,32,33,34)/t14-/m0/s1. The molecule has 1 saturated heterocycles. The van der Waals surface area contributed by atoms with E-state index in [1.165, 1.54) is 10.7 Å². The predicted molar refractivity (Wildman–Crippen MR) is 141 cm³/mol. The number of primary amides is 1. The molecule has 3 aliphatic rings. The molecule has 194 valence electrons. The van der Waals surface area contributed by atoms with Gasteiger partial charge in [0.05, 0.1) is 40.3 Å². The number of nitrogens with zero attached hydrogens (tertiary/aromatic N) is 8. The minimum absolute atomic E-state index is 0.126. The molecule has 2 saturated carbocycles. The molecule has 4 N–H and O–H groups in total. The van der Waals surface area contributed by atoms with Crippen molar-refractivity contribution in [1.29, 1.82) is 10.5 Å². The lowest BCUT2D eigenvalue weighted by Crippen LogP contribution is -2.60. The summed E-state index contributed by atoms with van der Waals surface area (Å²) in [5.41, 5.74) is 7.82. The van der Waals surface area contributed by atoms with Crippen LogP contribution in [0, 0.1) is 22.7 Å². The average Bonchev–Trinajstić information content (AvgIpc) is 3.84. The molecule has 13 heteroatoms. The Kier molecular flexibility index (Phi) is 5.74. The second-order valence-corrected chi connectivity index (χ2v) is 10.6. The third-order valence-corrected chi connectivity index (χ3v) is 7.98. The van der Waals surface area contributed by atoms with E-state index in [0.29, 0.717) is 59.1 Å². The van der Waals surface area contributed by atoms with Gasteiger partial charge < -0.3 is 21.3 Å². The minimum Gasteiger partial charge on any atom is -0.368 e. The van der Waals surface area contributed by atoms with E-state index in [-0.39, 0.29) is 23.4 Å². The highest BCUT2D eigenvalue weighted by Crippen LogP contribution is 2.47. The minimum atomic E-state index is -0.342. The van der Waals surface area contributed by atoms with Crippen LogP contribution in [0.5, 0.6) is 0 Å². The number of carbonyl (C=O) groups excluding carboxylic acids is 1. The number of piperazine rings is 1. The Morgan fingerprint density at radius 3 is 2.68 bits per heavy atom. The quantitative estimate of drug-likeness (QED) is 0.412. The number of hydrogen-bond acceptors (Lipinski definition) is 10. The van der Waals surface area contributed by atoms with E-state index in [9.17, 15) is 15.3 Å². The number of aromatic nitrogens is 4. The summed E-state index contributed by atoms with van der Waals surface area (Å²) in [7, 11) is 0. The van der Waals surface area contributed by atoms with Gasteiger partial charge in [-0.3, -0.25) is 9.69 Å². The number of hydrogen-bond donors (Lipinski definition) is 3. The maximum atomic E-state index is 11.9. The fourth-order valence-electron chi connectivity index (χ4n) is 5.18. The number of carbonyl (C=O) groups is 1. The lowest BCUT2D eigenvalue weighted by atomic mass is 10.0. The van der Waals surface area contributed by atoms with Crippen LogP contribution >= 0.6 is 11.6 Å². The summed E-state index contributed by atoms with van der Waals surface area (Å²) >= 11 is 6.93. The van der Waals surface area contributed by atoms with Gasteiger partial charge in [-0.05, 0) is 44.7 Å². The van der Waals surface area contributed by atoms with E-state index < -0.39 is 0 Å². The number of benzene rings is 1. The monoisotopic (exact) mass is 531 g/mol. The summed E-state index contributed by atoms with van der Waals surface area (Å²) < 4.78 is 1.52. The molecule has 3 aromatic rings. The Labute approximate surface area is 224 Å². The van der Waals surface area contributed by atoms with Crippen molar-refractivity contribution in [3.8, 4) is 12.1 Å².